The number of nitrogens with zero attached hydrogens (tertiary/aromatic N) is 4. The van der Waals surface area contributed by atoms with E-state index in [0.29, 0.717) is 28.6 Å². The fourth-order valence-electron chi connectivity index (χ4n) is 8.80. The molecular formula is C54H36N4O. The summed E-state index contributed by atoms with van der Waals surface area (Å²) in [6.07, 6.45) is 8.00. The van der Waals surface area contributed by atoms with Crippen LogP contribution in [0.3, 0.4) is 0 Å². The molecule has 278 valence electrons. The fourth-order valence-corrected chi connectivity index (χ4v) is 8.80. The maximum atomic E-state index is 10.3. The monoisotopic (exact) mass is 756 g/mol. The lowest BCUT2D eigenvalue weighted by Gasteiger charge is -2.34. The average Bonchev–Trinajstić information content (AvgIpc) is 3.83. The van der Waals surface area contributed by atoms with E-state index in [9.17, 15) is 5.26 Å². The van der Waals surface area contributed by atoms with Gasteiger partial charge in [0.2, 0.25) is 0 Å². The quantitative estimate of drug-likeness (QED) is 0.144. The lowest BCUT2D eigenvalue weighted by atomic mass is 9.67. The molecule has 0 radical (unpaired) electrons. The SMILES string of the molecule is C=C/C=C\C=C(/C)C1(c2ccccc2)c2cc(-c3ccc(-c4nc(-c5ccccc5)nc(-c5ccccc5)n4)cc3)ccc2-c2c1ccc1oc3cccc(C#N)c3c21. The summed E-state index contributed by atoms with van der Waals surface area (Å²) in [6, 6.07) is 58.5. The van der Waals surface area contributed by atoms with Crippen LogP contribution in [0.2, 0.25) is 0 Å². The Morgan fingerprint density at radius 1 is 0.576 bits per heavy atom. The Kier molecular flexibility index (Phi) is 8.74. The smallest absolute Gasteiger partial charge is 0.164 e. The zero-order chi connectivity index (χ0) is 39.9. The van der Waals surface area contributed by atoms with Gasteiger partial charge in [0.1, 0.15) is 11.2 Å². The van der Waals surface area contributed by atoms with Crippen molar-refractivity contribution in [3.63, 3.8) is 0 Å². The molecule has 0 spiro atoms. The molecule has 7 aromatic carbocycles. The van der Waals surface area contributed by atoms with Gasteiger partial charge in [-0.15, -0.1) is 0 Å². The zero-order valence-electron chi connectivity index (χ0n) is 32.3. The summed E-state index contributed by atoms with van der Waals surface area (Å²) in [7, 11) is 0. The van der Waals surface area contributed by atoms with Crippen molar-refractivity contribution in [1.82, 2.24) is 15.0 Å². The van der Waals surface area contributed by atoms with E-state index < -0.39 is 5.41 Å². The molecule has 5 nitrogen and oxygen atoms in total. The van der Waals surface area contributed by atoms with Crippen LogP contribution in [0.15, 0.2) is 205 Å². The second kappa shape index (κ2) is 14.5. The van der Waals surface area contributed by atoms with Crippen LogP contribution in [-0.4, -0.2) is 15.0 Å². The first-order chi connectivity index (χ1) is 29.1. The summed E-state index contributed by atoms with van der Waals surface area (Å²) >= 11 is 0. The molecule has 1 atom stereocenters. The molecule has 1 aliphatic carbocycles. The molecule has 0 amide bonds. The molecule has 59 heavy (non-hydrogen) atoms. The lowest BCUT2D eigenvalue weighted by Crippen LogP contribution is -2.28. The maximum absolute atomic E-state index is 10.3. The third kappa shape index (κ3) is 5.81. The number of hydrogen-bond acceptors (Lipinski definition) is 5. The van der Waals surface area contributed by atoms with E-state index in [4.69, 9.17) is 19.4 Å². The average molecular weight is 757 g/mol. The van der Waals surface area contributed by atoms with Crippen LogP contribution in [0.1, 0.15) is 29.2 Å². The molecule has 1 aliphatic rings. The summed E-state index contributed by atoms with van der Waals surface area (Å²) in [6.45, 7) is 6.13. The molecule has 2 aromatic heterocycles. The molecule has 0 saturated carbocycles. The summed E-state index contributed by atoms with van der Waals surface area (Å²) < 4.78 is 6.45. The molecule has 9 aromatic rings. The van der Waals surface area contributed by atoms with Crippen molar-refractivity contribution in [2.45, 2.75) is 12.3 Å². The van der Waals surface area contributed by atoms with Crippen LogP contribution in [0.25, 0.3) is 78.4 Å². The van der Waals surface area contributed by atoms with Gasteiger partial charge in [0.05, 0.1) is 17.0 Å². The Labute approximate surface area is 342 Å². The Balaban J connectivity index is 1.17. The molecule has 0 aliphatic heterocycles. The summed E-state index contributed by atoms with van der Waals surface area (Å²) in [4.78, 5) is 14.8. The van der Waals surface area contributed by atoms with Crippen LogP contribution in [-0.2, 0) is 5.41 Å². The molecule has 2 heterocycles. The third-order valence-corrected chi connectivity index (χ3v) is 11.4. The fraction of sp³-hybridized carbons (Fsp3) is 0.0370. The van der Waals surface area contributed by atoms with Crippen molar-refractivity contribution in [2.75, 3.05) is 0 Å². The molecule has 0 bridgehead atoms. The van der Waals surface area contributed by atoms with E-state index in [1.165, 1.54) is 0 Å². The number of allylic oxidation sites excluding steroid dienone is 5. The summed E-state index contributed by atoms with van der Waals surface area (Å²) in [5.74, 6) is 1.86. The van der Waals surface area contributed by atoms with E-state index in [-0.39, 0.29) is 0 Å². The normalized spacial score (nSPS) is 14.7. The first-order valence-corrected chi connectivity index (χ1v) is 19.6. The molecular weight excluding hydrogens is 721 g/mol. The molecule has 10 rings (SSSR count). The Morgan fingerprint density at radius 2 is 1.15 bits per heavy atom. The van der Waals surface area contributed by atoms with E-state index >= 15 is 0 Å². The maximum Gasteiger partial charge on any atom is 0.164 e. The number of rotatable bonds is 8. The van der Waals surface area contributed by atoms with Crippen LogP contribution in [0.4, 0.5) is 0 Å². The van der Waals surface area contributed by atoms with Crippen molar-refractivity contribution in [2.24, 2.45) is 0 Å². The number of furan rings is 1. The van der Waals surface area contributed by atoms with Gasteiger partial charge in [0, 0.05) is 27.5 Å². The van der Waals surface area contributed by atoms with Crippen molar-refractivity contribution < 1.29 is 4.42 Å². The molecule has 1 unspecified atom stereocenters. The second-order valence-corrected chi connectivity index (χ2v) is 14.7. The zero-order valence-corrected chi connectivity index (χ0v) is 32.3. The number of nitriles is 1. The first-order valence-electron chi connectivity index (χ1n) is 19.6. The topological polar surface area (TPSA) is 75.6 Å². The van der Waals surface area contributed by atoms with Crippen LogP contribution < -0.4 is 0 Å². The van der Waals surface area contributed by atoms with Crippen molar-refractivity contribution >= 4 is 21.9 Å². The second-order valence-electron chi connectivity index (χ2n) is 14.7. The van der Waals surface area contributed by atoms with Gasteiger partial charge < -0.3 is 4.42 Å². The van der Waals surface area contributed by atoms with Gasteiger partial charge in [0.25, 0.3) is 0 Å². The Bertz CT molecular complexity index is 3120. The summed E-state index contributed by atoms with van der Waals surface area (Å²) in [5, 5.41) is 12.1. The number of hydrogen-bond donors (Lipinski definition) is 0. The van der Waals surface area contributed by atoms with E-state index in [0.717, 1.165) is 77.6 Å². The van der Waals surface area contributed by atoms with Crippen molar-refractivity contribution in [3.8, 4) is 62.5 Å². The highest BCUT2D eigenvalue weighted by Crippen LogP contribution is 2.59. The minimum atomic E-state index is -0.653. The molecule has 0 fully saturated rings. The largest absolute Gasteiger partial charge is 0.456 e. The van der Waals surface area contributed by atoms with Gasteiger partial charge in [-0.2, -0.15) is 5.26 Å². The van der Waals surface area contributed by atoms with Crippen LogP contribution in [0.5, 0.6) is 0 Å². The standard InChI is InChI=1S/C54H36N4O/c1-3-4-8-16-35(2)54(42-22-13-7-14-23-42)44-31-32-47-50(48-41(34-55)21-15-24-46(48)59-47)49(44)43-30-29-40(33-45(43)54)36-25-27-39(28-26-36)53-57-51(37-17-9-5-10-18-37)56-52(58-53)38-19-11-6-12-20-38/h3-33H,1H2,2H3/b8-4-,35-16+. The van der Waals surface area contributed by atoms with Crippen LogP contribution in [0, 0.1) is 11.3 Å². The minimum Gasteiger partial charge on any atom is -0.456 e. The Hall–Kier alpha value is -7.94. The van der Waals surface area contributed by atoms with Gasteiger partial charge >= 0.3 is 0 Å². The predicted molar refractivity (Wildman–Crippen MR) is 238 cm³/mol. The van der Waals surface area contributed by atoms with Crippen molar-refractivity contribution in [1.29, 1.82) is 5.26 Å². The van der Waals surface area contributed by atoms with Gasteiger partial charge in [-0.1, -0.05) is 176 Å². The number of fused-ring (bicyclic) bond motifs is 7. The van der Waals surface area contributed by atoms with Gasteiger partial charge in [-0.25, -0.2) is 15.0 Å². The van der Waals surface area contributed by atoms with Gasteiger partial charge in [-0.05, 0) is 70.1 Å². The van der Waals surface area contributed by atoms with E-state index in [2.05, 4.69) is 117 Å². The predicted octanol–water partition coefficient (Wildman–Crippen LogP) is 13.3. The lowest BCUT2D eigenvalue weighted by molar-refractivity contribution is 0.668. The van der Waals surface area contributed by atoms with Crippen molar-refractivity contribution in [3.05, 3.63) is 223 Å². The highest BCUT2D eigenvalue weighted by Gasteiger charge is 2.47. The third-order valence-electron chi connectivity index (χ3n) is 11.4. The van der Waals surface area contributed by atoms with Gasteiger partial charge in [0.15, 0.2) is 17.5 Å². The highest BCUT2D eigenvalue weighted by atomic mass is 16.3. The van der Waals surface area contributed by atoms with E-state index in [1.807, 2.05) is 84.9 Å². The first kappa shape index (κ1) is 35.5. The molecule has 0 N–H and O–H groups in total. The summed E-state index contributed by atoms with van der Waals surface area (Å²) in [5.41, 5.74) is 13.1. The Morgan fingerprint density at radius 3 is 1.78 bits per heavy atom. The minimum absolute atomic E-state index is 0.594. The molecule has 0 saturated heterocycles. The van der Waals surface area contributed by atoms with Gasteiger partial charge in [-0.3, -0.25) is 0 Å². The molecule has 5 heteroatoms. The number of benzene rings is 7. The van der Waals surface area contributed by atoms with E-state index in [1.54, 1.807) is 6.08 Å². The highest BCUT2D eigenvalue weighted by molar-refractivity contribution is 6.17. The number of aromatic nitrogens is 3. The van der Waals surface area contributed by atoms with Crippen LogP contribution >= 0.6 is 0 Å².